The average Bonchev–Trinajstić information content (AvgIpc) is 2.79. The Morgan fingerprint density at radius 1 is 1.00 bits per heavy atom. The molecule has 10 nitrogen and oxygen atoms in total. The number of aryl methyl sites for hydroxylation is 1. The van der Waals surface area contributed by atoms with Crippen LogP contribution in [0.5, 0.6) is 5.75 Å². The highest BCUT2D eigenvalue weighted by Crippen LogP contribution is 2.31. The molecule has 0 fully saturated rings. The van der Waals surface area contributed by atoms with Crippen molar-refractivity contribution in [2.24, 2.45) is 11.3 Å². The molecular formula is C26H32F3N3O7S. The van der Waals surface area contributed by atoms with E-state index in [1.807, 2.05) is 6.92 Å². The summed E-state index contributed by atoms with van der Waals surface area (Å²) >= 11 is 0. The van der Waals surface area contributed by atoms with E-state index in [1.54, 1.807) is 0 Å². The topological polar surface area (TPSA) is 140 Å². The number of hydrazine groups is 1. The monoisotopic (exact) mass is 587 g/mol. The van der Waals surface area contributed by atoms with Crippen LogP contribution >= 0.6 is 0 Å². The Hall–Kier alpha value is -3.81. The van der Waals surface area contributed by atoms with E-state index >= 15 is 0 Å². The fraction of sp³-hybridized carbons (Fsp3) is 0.423. The van der Waals surface area contributed by atoms with Crippen molar-refractivity contribution in [3.63, 3.8) is 0 Å². The first-order valence-corrected chi connectivity index (χ1v) is 13.5. The molecule has 1 unspecified atom stereocenters. The van der Waals surface area contributed by atoms with Gasteiger partial charge in [0.15, 0.2) is 5.75 Å². The van der Waals surface area contributed by atoms with E-state index in [2.05, 4.69) is 30.9 Å². The normalized spacial score (nSPS) is 12.7. The fourth-order valence-corrected chi connectivity index (χ4v) is 4.95. The molecule has 0 radical (unpaired) electrons. The van der Waals surface area contributed by atoms with Crippen LogP contribution in [0.25, 0.3) is 0 Å². The van der Waals surface area contributed by atoms with Crippen LogP contribution in [-0.4, -0.2) is 39.0 Å². The molecule has 0 aromatic heterocycles. The number of rotatable bonds is 10. The number of carbonyl (C=O) groups is 3. The summed E-state index contributed by atoms with van der Waals surface area (Å²) < 4.78 is 76.3. The van der Waals surface area contributed by atoms with Crippen LogP contribution in [0.2, 0.25) is 0 Å². The number of benzene rings is 2. The Bertz CT molecular complexity index is 1350. The van der Waals surface area contributed by atoms with Crippen LogP contribution in [0.1, 0.15) is 57.0 Å². The van der Waals surface area contributed by atoms with Crippen molar-refractivity contribution < 1.29 is 45.4 Å². The van der Waals surface area contributed by atoms with Gasteiger partial charge in [-0.2, -0.15) is 13.2 Å². The lowest BCUT2D eigenvalue weighted by atomic mass is 9.86. The minimum Gasteiger partial charge on any atom is -0.462 e. The highest BCUT2D eigenvalue weighted by molar-refractivity contribution is 7.92. The van der Waals surface area contributed by atoms with E-state index < -0.39 is 38.9 Å². The van der Waals surface area contributed by atoms with Gasteiger partial charge in [-0.1, -0.05) is 27.7 Å². The Morgan fingerprint density at radius 2 is 1.57 bits per heavy atom. The van der Waals surface area contributed by atoms with Gasteiger partial charge in [-0.15, -0.1) is 0 Å². The standard InChI is InChI=1S/C26H32F3N3O7S/c1-15(13-25(4,5)6)14-38-23(34)20-12-22(21(11-16(20)2)39-17(3)33)40(36,37)32-19-9-7-18(8-10-19)30-31-24(35)26(27,28)29/h7-12,15,30,32H,13-14H2,1-6H3,(H,31,35). The summed E-state index contributed by atoms with van der Waals surface area (Å²) in [6, 6.07) is 7.13. The van der Waals surface area contributed by atoms with E-state index in [0.717, 1.165) is 19.4 Å². The Balaban J connectivity index is 2.29. The number of halogens is 3. The largest absolute Gasteiger partial charge is 0.472 e. The quantitative estimate of drug-likeness (QED) is 0.201. The van der Waals surface area contributed by atoms with Crippen LogP contribution in [-0.2, 0) is 24.3 Å². The molecule has 40 heavy (non-hydrogen) atoms. The van der Waals surface area contributed by atoms with Gasteiger partial charge in [0.1, 0.15) is 4.90 Å². The average molecular weight is 588 g/mol. The Morgan fingerprint density at radius 3 is 2.10 bits per heavy atom. The SMILES string of the molecule is CC(=O)Oc1cc(C)c(C(=O)OCC(C)CC(C)(C)C)cc1S(=O)(=O)Nc1ccc(NNC(=O)C(F)(F)F)cc1. The number of anilines is 2. The van der Waals surface area contributed by atoms with Gasteiger partial charge in [-0.3, -0.25) is 25.2 Å². The molecule has 0 saturated carbocycles. The number of hydrogen-bond acceptors (Lipinski definition) is 8. The van der Waals surface area contributed by atoms with Gasteiger partial charge in [-0.05, 0) is 66.6 Å². The van der Waals surface area contributed by atoms with Crippen LogP contribution in [0, 0.1) is 18.3 Å². The molecule has 0 bridgehead atoms. The molecule has 2 aromatic carbocycles. The smallest absolute Gasteiger partial charge is 0.462 e. The first-order valence-electron chi connectivity index (χ1n) is 12.0. The van der Waals surface area contributed by atoms with E-state index in [1.165, 1.54) is 42.7 Å². The third-order valence-corrected chi connectivity index (χ3v) is 6.63. The van der Waals surface area contributed by atoms with E-state index in [-0.39, 0.29) is 40.6 Å². The maximum absolute atomic E-state index is 13.3. The summed E-state index contributed by atoms with van der Waals surface area (Å²) in [5, 5.41) is 0. The minimum atomic E-state index is -5.09. The molecule has 14 heteroatoms. The number of esters is 2. The molecule has 0 saturated heterocycles. The molecule has 0 heterocycles. The summed E-state index contributed by atoms with van der Waals surface area (Å²) in [7, 11) is -4.45. The van der Waals surface area contributed by atoms with E-state index in [9.17, 15) is 36.0 Å². The van der Waals surface area contributed by atoms with Gasteiger partial charge < -0.3 is 9.47 Å². The molecule has 3 N–H and O–H groups in total. The lowest BCUT2D eigenvalue weighted by molar-refractivity contribution is -0.173. The third kappa shape index (κ3) is 9.74. The molecule has 1 amide bonds. The van der Waals surface area contributed by atoms with Crippen molar-refractivity contribution >= 4 is 39.2 Å². The van der Waals surface area contributed by atoms with E-state index in [0.29, 0.717) is 5.56 Å². The molecule has 0 aliphatic rings. The highest BCUT2D eigenvalue weighted by atomic mass is 32.2. The van der Waals surface area contributed by atoms with Gasteiger partial charge in [0, 0.05) is 12.6 Å². The zero-order valence-electron chi connectivity index (χ0n) is 22.9. The second-order valence-corrected chi connectivity index (χ2v) is 12.1. The summed E-state index contributed by atoms with van der Waals surface area (Å²) in [6.45, 7) is 10.8. The number of nitrogens with one attached hydrogen (secondary N) is 3. The third-order valence-electron chi connectivity index (χ3n) is 5.23. The number of ether oxygens (including phenoxy) is 2. The zero-order valence-corrected chi connectivity index (χ0v) is 23.7. The van der Waals surface area contributed by atoms with Crippen LogP contribution in [0.15, 0.2) is 41.3 Å². The van der Waals surface area contributed by atoms with Crippen LogP contribution in [0.4, 0.5) is 24.5 Å². The van der Waals surface area contributed by atoms with Crippen molar-refractivity contribution in [1.82, 2.24) is 5.43 Å². The first-order chi connectivity index (χ1) is 18.3. The lowest BCUT2D eigenvalue weighted by Crippen LogP contribution is -2.40. The molecule has 220 valence electrons. The summed E-state index contributed by atoms with van der Waals surface area (Å²) in [5.41, 5.74) is 3.83. The van der Waals surface area contributed by atoms with Gasteiger partial charge in [0.25, 0.3) is 10.0 Å². The fourth-order valence-electron chi connectivity index (χ4n) is 3.76. The van der Waals surface area contributed by atoms with Gasteiger partial charge >= 0.3 is 24.0 Å². The van der Waals surface area contributed by atoms with Crippen molar-refractivity contribution in [3.05, 3.63) is 47.5 Å². The maximum atomic E-state index is 13.3. The summed E-state index contributed by atoms with van der Waals surface area (Å²) in [4.78, 5) is 34.9. The summed E-state index contributed by atoms with van der Waals surface area (Å²) in [5.74, 6) is -4.02. The van der Waals surface area contributed by atoms with Crippen LogP contribution in [0.3, 0.4) is 0 Å². The van der Waals surface area contributed by atoms with Gasteiger partial charge in [0.2, 0.25) is 0 Å². The van der Waals surface area contributed by atoms with Crippen LogP contribution < -0.4 is 20.3 Å². The molecule has 2 aromatic rings. The molecule has 0 aliphatic carbocycles. The second-order valence-electron chi connectivity index (χ2n) is 10.4. The maximum Gasteiger partial charge on any atom is 0.472 e. The number of amides is 1. The lowest BCUT2D eigenvalue weighted by Gasteiger charge is -2.23. The van der Waals surface area contributed by atoms with Gasteiger partial charge in [0.05, 0.1) is 17.9 Å². The van der Waals surface area contributed by atoms with Gasteiger partial charge in [-0.25, -0.2) is 13.2 Å². The number of alkyl halides is 3. The molecule has 1 atom stereocenters. The second kappa shape index (κ2) is 12.6. The first kappa shape index (κ1) is 32.4. The van der Waals surface area contributed by atoms with Crippen molar-refractivity contribution in [3.8, 4) is 5.75 Å². The van der Waals surface area contributed by atoms with Crippen molar-refractivity contribution in [2.45, 2.75) is 59.0 Å². The minimum absolute atomic E-state index is 0.0119. The summed E-state index contributed by atoms with van der Waals surface area (Å²) in [6.07, 6.45) is -4.30. The van der Waals surface area contributed by atoms with Crippen molar-refractivity contribution in [1.29, 1.82) is 0 Å². The predicted octanol–water partition coefficient (Wildman–Crippen LogP) is 4.96. The number of carbonyl (C=O) groups excluding carboxylic acids is 3. The molecular weight excluding hydrogens is 555 g/mol. The van der Waals surface area contributed by atoms with E-state index in [4.69, 9.17) is 9.47 Å². The number of sulfonamides is 1. The van der Waals surface area contributed by atoms with Crippen molar-refractivity contribution in [2.75, 3.05) is 16.8 Å². The predicted molar refractivity (Wildman–Crippen MR) is 141 cm³/mol. The highest BCUT2D eigenvalue weighted by Gasteiger charge is 2.38. The molecule has 0 spiro atoms. The Kier molecular flexibility index (Phi) is 10.2. The molecule has 2 rings (SSSR count). The number of hydrogen-bond donors (Lipinski definition) is 3. The molecule has 0 aliphatic heterocycles. The Labute approximate surface area is 230 Å². The zero-order chi connectivity index (χ0) is 30.5.